The first-order chi connectivity index (χ1) is 8.08. The van der Waals surface area contributed by atoms with E-state index < -0.39 is 12.3 Å². The molecule has 1 aliphatic rings. The van der Waals surface area contributed by atoms with Gasteiger partial charge in [-0.1, -0.05) is 13.8 Å². The zero-order valence-corrected chi connectivity index (χ0v) is 9.67. The normalized spacial score (nSPS) is 17.8. The van der Waals surface area contributed by atoms with E-state index in [2.05, 4.69) is 4.98 Å². The van der Waals surface area contributed by atoms with Gasteiger partial charge in [0, 0.05) is 18.8 Å². The molecule has 1 aliphatic heterocycles. The molecule has 1 atom stereocenters. The second-order valence-corrected chi connectivity index (χ2v) is 4.29. The molecule has 0 spiro atoms. The molecule has 0 radical (unpaired) electrons. The summed E-state index contributed by atoms with van der Waals surface area (Å²) in [5.41, 5.74) is 0.914. The van der Waals surface area contributed by atoms with Crippen LogP contribution in [-0.2, 0) is 14.3 Å². The van der Waals surface area contributed by atoms with Crippen molar-refractivity contribution in [3.05, 3.63) is 29.6 Å². The Morgan fingerprint density at radius 1 is 1.59 bits per heavy atom. The summed E-state index contributed by atoms with van der Waals surface area (Å²) in [6.07, 6.45) is 2.32. The molecule has 1 unspecified atom stereocenters. The minimum Gasteiger partial charge on any atom is -0.421 e. The summed E-state index contributed by atoms with van der Waals surface area (Å²) in [6, 6.07) is 1.62. The smallest absolute Gasteiger partial charge is 0.343 e. The number of hydrogen-bond acceptors (Lipinski definition) is 5. The van der Waals surface area contributed by atoms with Crippen molar-refractivity contribution in [2.45, 2.75) is 26.6 Å². The zero-order chi connectivity index (χ0) is 12.4. The SMILES string of the molecule is CC(C)CC(=O)OC1OC(=O)c2cnccc21. The lowest BCUT2D eigenvalue weighted by Gasteiger charge is -2.12. The summed E-state index contributed by atoms with van der Waals surface area (Å²) in [5.74, 6) is -0.672. The van der Waals surface area contributed by atoms with Gasteiger partial charge in [0.25, 0.3) is 6.29 Å². The van der Waals surface area contributed by atoms with Crippen molar-refractivity contribution in [1.29, 1.82) is 0 Å². The quantitative estimate of drug-likeness (QED) is 0.748. The Labute approximate surface area is 98.7 Å². The summed E-state index contributed by atoms with van der Waals surface area (Å²) in [7, 11) is 0. The number of carbonyl (C=O) groups excluding carboxylic acids is 2. The number of nitrogens with zero attached hydrogens (tertiary/aromatic N) is 1. The molecular weight excluding hydrogens is 222 g/mol. The van der Waals surface area contributed by atoms with Gasteiger partial charge < -0.3 is 9.47 Å². The number of fused-ring (bicyclic) bond motifs is 1. The van der Waals surface area contributed by atoms with Gasteiger partial charge >= 0.3 is 11.9 Å². The predicted octanol–water partition coefficient (Wildman–Crippen LogP) is 1.84. The van der Waals surface area contributed by atoms with Crippen molar-refractivity contribution >= 4 is 11.9 Å². The van der Waals surface area contributed by atoms with Gasteiger partial charge in [0.05, 0.1) is 11.1 Å². The highest BCUT2D eigenvalue weighted by Crippen LogP contribution is 2.31. The Hall–Kier alpha value is -1.91. The van der Waals surface area contributed by atoms with Crippen LogP contribution in [0.25, 0.3) is 0 Å². The Morgan fingerprint density at radius 2 is 2.35 bits per heavy atom. The third-order valence-corrected chi connectivity index (χ3v) is 2.36. The van der Waals surface area contributed by atoms with Crippen molar-refractivity contribution in [2.75, 3.05) is 0 Å². The fourth-order valence-corrected chi connectivity index (χ4v) is 1.59. The highest BCUT2D eigenvalue weighted by atomic mass is 16.7. The highest BCUT2D eigenvalue weighted by Gasteiger charge is 2.33. The topological polar surface area (TPSA) is 65.5 Å². The molecule has 2 heterocycles. The Morgan fingerprint density at radius 3 is 3.06 bits per heavy atom. The molecule has 5 nitrogen and oxygen atoms in total. The molecule has 0 saturated carbocycles. The first-order valence-electron chi connectivity index (χ1n) is 5.42. The fraction of sp³-hybridized carbons (Fsp3) is 0.417. The van der Waals surface area contributed by atoms with E-state index in [1.165, 1.54) is 12.4 Å². The maximum atomic E-state index is 11.5. The van der Waals surface area contributed by atoms with E-state index in [0.717, 1.165) is 0 Å². The van der Waals surface area contributed by atoms with Gasteiger partial charge in [-0.2, -0.15) is 0 Å². The zero-order valence-electron chi connectivity index (χ0n) is 9.67. The molecule has 1 aromatic heterocycles. The average molecular weight is 235 g/mol. The maximum absolute atomic E-state index is 11.5. The van der Waals surface area contributed by atoms with Crippen LogP contribution in [0.3, 0.4) is 0 Å². The summed E-state index contributed by atoms with van der Waals surface area (Å²) in [4.78, 5) is 26.8. The molecule has 5 heteroatoms. The van der Waals surface area contributed by atoms with E-state index in [1.807, 2.05) is 13.8 Å². The monoisotopic (exact) mass is 235 g/mol. The molecule has 90 valence electrons. The standard InChI is InChI=1S/C12H13NO4/c1-7(2)5-10(14)16-12-8-3-4-13-6-9(8)11(15)17-12/h3-4,6-7,12H,5H2,1-2H3. The molecule has 17 heavy (non-hydrogen) atoms. The van der Waals surface area contributed by atoms with Gasteiger partial charge in [0.15, 0.2) is 0 Å². The molecule has 2 rings (SSSR count). The van der Waals surface area contributed by atoms with Crippen molar-refractivity contribution in [2.24, 2.45) is 5.92 Å². The molecule has 0 saturated heterocycles. The number of aromatic nitrogens is 1. The Kier molecular flexibility index (Phi) is 3.08. The van der Waals surface area contributed by atoms with E-state index in [-0.39, 0.29) is 11.9 Å². The van der Waals surface area contributed by atoms with Gasteiger partial charge in [0.2, 0.25) is 0 Å². The van der Waals surface area contributed by atoms with Crippen LogP contribution in [0.5, 0.6) is 0 Å². The molecule has 0 fully saturated rings. The van der Waals surface area contributed by atoms with E-state index in [4.69, 9.17) is 9.47 Å². The summed E-state index contributed by atoms with van der Waals surface area (Å²) >= 11 is 0. The lowest BCUT2D eigenvalue weighted by atomic mass is 10.1. The summed E-state index contributed by atoms with van der Waals surface area (Å²) < 4.78 is 10.1. The van der Waals surface area contributed by atoms with Crippen molar-refractivity contribution < 1.29 is 19.1 Å². The third-order valence-electron chi connectivity index (χ3n) is 2.36. The van der Waals surface area contributed by atoms with Crippen LogP contribution >= 0.6 is 0 Å². The predicted molar refractivity (Wildman–Crippen MR) is 57.9 cm³/mol. The van der Waals surface area contributed by atoms with Crippen LogP contribution in [0.4, 0.5) is 0 Å². The van der Waals surface area contributed by atoms with E-state index in [9.17, 15) is 9.59 Å². The molecule has 0 aliphatic carbocycles. The number of cyclic esters (lactones) is 1. The van der Waals surface area contributed by atoms with E-state index in [0.29, 0.717) is 17.5 Å². The first-order valence-corrected chi connectivity index (χ1v) is 5.42. The maximum Gasteiger partial charge on any atom is 0.343 e. The molecule has 0 aromatic carbocycles. The minimum absolute atomic E-state index is 0.205. The second-order valence-electron chi connectivity index (χ2n) is 4.29. The summed E-state index contributed by atoms with van der Waals surface area (Å²) in [5, 5.41) is 0. The van der Waals surface area contributed by atoms with Crippen LogP contribution in [0.15, 0.2) is 18.5 Å². The fourth-order valence-electron chi connectivity index (χ4n) is 1.59. The second kappa shape index (κ2) is 4.53. The van der Waals surface area contributed by atoms with Crippen LogP contribution in [0.2, 0.25) is 0 Å². The first kappa shape index (κ1) is 11.6. The number of ether oxygens (including phenoxy) is 2. The Balaban J connectivity index is 2.10. The lowest BCUT2D eigenvalue weighted by molar-refractivity contribution is -0.168. The largest absolute Gasteiger partial charge is 0.421 e. The average Bonchev–Trinajstić information content (AvgIpc) is 2.55. The van der Waals surface area contributed by atoms with Gasteiger partial charge in [-0.05, 0) is 12.0 Å². The van der Waals surface area contributed by atoms with Crippen LogP contribution < -0.4 is 0 Å². The van der Waals surface area contributed by atoms with Crippen LogP contribution in [0, 0.1) is 5.92 Å². The third kappa shape index (κ3) is 2.43. The van der Waals surface area contributed by atoms with Crippen molar-refractivity contribution in [3.63, 3.8) is 0 Å². The molecule has 1 aromatic rings. The lowest BCUT2D eigenvalue weighted by Crippen LogP contribution is -2.13. The van der Waals surface area contributed by atoms with Gasteiger partial charge in [-0.3, -0.25) is 9.78 Å². The van der Waals surface area contributed by atoms with E-state index in [1.54, 1.807) is 6.07 Å². The van der Waals surface area contributed by atoms with Gasteiger partial charge in [0.1, 0.15) is 0 Å². The number of hydrogen-bond donors (Lipinski definition) is 0. The van der Waals surface area contributed by atoms with Crippen LogP contribution in [0.1, 0.15) is 42.5 Å². The van der Waals surface area contributed by atoms with Crippen molar-refractivity contribution in [1.82, 2.24) is 4.98 Å². The minimum atomic E-state index is -0.924. The number of esters is 2. The molecule has 0 amide bonds. The number of carbonyl (C=O) groups is 2. The van der Waals surface area contributed by atoms with Crippen molar-refractivity contribution in [3.8, 4) is 0 Å². The molecule has 0 N–H and O–H groups in total. The number of rotatable bonds is 3. The van der Waals surface area contributed by atoms with Gasteiger partial charge in [-0.25, -0.2) is 4.79 Å². The molecular formula is C12H13NO4. The molecule has 0 bridgehead atoms. The highest BCUT2D eigenvalue weighted by molar-refractivity contribution is 5.93. The van der Waals surface area contributed by atoms with Crippen LogP contribution in [-0.4, -0.2) is 16.9 Å². The van der Waals surface area contributed by atoms with Gasteiger partial charge in [-0.15, -0.1) is 0 Å². The van der Waals surface area contributed by atoms with E-state index >= 15 is 0 Å². The Bertz CT molecular complexity index is 456. The number of pyridine rings is 1. The summed E-state index contributed by atoms with van der Waals surface area (Å²) in [6.45, 7) is 3.83.